The Morgan fingerprint density at radius 3 is 2.39 bits per heavy atom. The Morgan fingerprint density at radius 2 is 1.88 bits per heavy atom. The first-order valence-corrected chi connectivity index (χ1v) is 14.0. The van der Waals surface area contributed by atoms with Gasteiger partial charge in [0.05, 0.1) is 30.8 Å². The second-order valence-electron chi connectivity index (χ2n) is 9.15. The molecule has 1 aliphatic heterocycles. The van der Waals surface area contributed by atoms with Crippen LogP contribution in [0.25, 0.3) is 0 Å². The van der Waals surface area contributed by atoms with E-state index in [2.05, 4.69) is 20.1 Å². The molecule has 0 spiro atoms. The summed E-state index contributed by atoms with van der Waals surface area (Å²) in [5.41, 5.74) is 4.94. The molecule has 0 aliphatic carbocycles. The first-order valence-electron chi connectivity index (χ1n) is 12.5. The smallest absolute Gasteiger partial charge is 0.304 e. The van der Waals surface area contributed by atoms with E-state index >= 15 is 0 Å². The number of likely N-dealkylation sites (N-methyl/N-ethyl adjacent to an activating group) is 1. The summed E-state index contributed by atoms with van der Waals surface area (Å²) in [4.78, 5) is 27.9. The SMILES string of the molecule is CCN(C(C(=O)NCC(N)=O)C(C)O)S(=O)(=O)NC(=NC)N1CC(O)(c2ccccc2)C(c2ccc(C#N)cc2)=N1. The van der Waals surface area contributed by atoms with Gasteiger partial charge in [-0.05, 0) is 24.6 Å². The summed E-state index contributed by atoms with van der Waals surface area (Å²) in [5, 5.41) is 39.3. The van der Waals surface area contributed by atoms with Crippen LogP contribution in [0.15, 0.2) is 64.7 Å². The van der Waals surface area contributed by atoms with Gasteiger partial charge >= 0.3 is 10.2 Å². The number of guanidine groups is 1. The van der Waals surface area contributed by atoms with Crippen LogP contribution in [0.5, 0.6) is 0 Å². The molecule has 0 fully saturated rings. The normalized spacial score (nSPS) is 18.8. The van der Waals surface area contributed by atoms with Crippen molar-refractivity contribution >= 4 is 33.7 Å². The van der Waals surface area contributed by atoms with Crippen LogP contribution in [0.4, 0.5) is 0 Å². The van der Waals surface area contributed by atoms with E-state index in [-0.39, 0.29) is 24.8 Å². The molecule has 3 atom stereocenters. The van der Waals surface area contributed by atoms with Gasteiger partial charge in [0.25, 0.3) is 0 Å². The summed E-state index contributed by atoms with van der Waals surface area (Å²) in [5.74, 6) is -2.05. The number of amides is 2. The van der Waals surface area contributed by atoms with Crippen LogP contribution < -0.4 is 15.8 Å². The zero-order valence-corrected chi connectivity index (χ0v) is 23.5. The van der Waals surface area contributed by atoms with Crippen LogP contribution >= 0.6 is 0 Å². The number of aliphatic hydroxyl groups excluding tert-OH is 1. The molecule has 41 heavy (non-hydrogen) atoms. The van der Waals surface area contributed by atoms with Gasteiger partial charge in [-0.3, -0.25) is 14.6 Å². The van der Waals surface area contributed by atoms with Crippen molar-refractivity contribution in [1.82, 2.24) is 19.4 Å². The molecule has 0 saturated carbocycles. The van der Waals surface area contributed by atoms with Crippen molar-refractivity contribution in [2.75, 3.05) is 26.7 Å². The number of carbonyl (C=O) groups excluding carboxylic acids is 2. The standard InChI is InChI=1S/C26H32N8O6S/c1-4-34(22(17(2)35)24(37)30-15-21(28)36)41(39,40)32-25(29-3)33-16-26(38,20-8-6-5-7-9-20)23(31-33)19-12-10-18(14-27)11-13-19/h5-13,17,22,35,38H,4,15-16H2,1-3H3,(H2,28,36)(H,29,32)(H,30,37). The van der Waals surface area contributed by atoms with E-state index < -0.39 is 46.3 Å². The van der Waals surface area contributed by atoms with Gasteiger partial charge in [0.15, 0.2) is 5.60 Å². The number of nitrogens with two attached hydrogens (primary N) is 1. The molecular weight excluding hydrogens is 552 g/mol. The highest BCUT2D eigenvalue weighted by molar-refractivity contribution is 7.87. The van der Waals surface area contributed by atoms with Crippen molar-refractivity contribution in [2.45, 2.75) is 31.6 Å². The minimum atomic E-state index is -4.56. The van der Waals surface area contributed by atoms with Crippen molar-refractivity contribution in [3.63, 3.8) is 0 Å². The molecule has 2 aromatic carbocycles. The Kier molecular flexibility index (Phi) is 9.79. The average molecular weight is 585 g/mol. The van der Waals surface area contributed by atoms with Crippen LogP contribution in [-0.2, 0) is 25.4 Å². The van der Waals surface area contributed by atoms with E-state index in [9.17, 15) is 33.5 Å². The largest absolute Gasteiger partial charge is 0.391 e. The lowest BCUT2D eigenvalue weighted by molar-refractivity contribution is -0.130. The maximum Gasteiger partial charge on any atom is 0.304 e. The number of hydrogen-bond acceptors (Lipinski definition) is 9. The lowest BCUT2D eigenvalue weighted by atomic mass is 9.86. The number of rotatable bonds is 10. The molecule has 2 aromatic rings. The average Bonchev–Trinajstić information content (AvgIpc) is 3.31. The van der Waals surface area contributed by atoms with Crippen molar-refractivity contribution in [2.24, 2.45) is 15.8 Å². The Balaban J connectivity index is 1.98. The molecule has 1 aliphatic rings. The molecule has 6 N–H and O–H groups in total. The number of carbonyl (C=O) groups is 2. The number of nitrogens with zero attached hydrogens (tertiary/aromatic N) is 5. The van der Waals surface area contributed by atoms with Crippen LogP contribution in [-0.4, -0.2) is 90.3 Å². The first kappa shape index (κ1) is 31.2. The number of hydrogen-bond donors (Lipinski definition) is 5. The number of nitrogens with one attached hydrogen (secondary N) is 2. The summed E-state index contributed by atoms with van der Waals surface area (Å²) >= 11 is 0. The summed E-state index contributed by atoms with van der Waals surface area (Å²) in [6, 6.07) is 15.5. The van der Waals surface area contributed by atoms with Crippen LogP contribution in [0, 0.1) is 11.3 Å². The molecule has 218 valence electrons. The third-order valence-corrected chi connectivity index (χ3v) is 7.84. The van der Waals surface area contributed by atoms with Crippen LogP contribution in [0.1, 0.15) is 30.5 Å². The van der Waals surface area contributed by atoms with Gasteiger partial charge in [0, 0.05) is 19.2 Å². The van der Waals surface area contributed by atoms with Crippen molar-refractivity contribution in [3.8, 4) is 6.07 Å². The third-order valence-electron chi connectivity index (χ3n) is 6.30. The van der Waals surface area contributed by atoms with E-state index in [1.165, 1.54) is 25.9 Å². The van der Waals surface area contributed by atoms with Crippen LogP contribution in [0.3, 0.4) is 0 Å². The fourth-order valence-corrected chi connectivity index (χ4v) is 5.82. The Bertz CT molecular complexity index is 1470. The quantitative estimate of drug-likeness (QED) is 0.171. The number of aliphatic imine (C=N–C) groups is 1. The maximum absolute atomic E-state index is 13.5. The number of benzene rings is 2. The van der Waals surface area contributed by atoms with Crippen molar-refractivity contribution < 1.29 is 28.2 Å². The van der Waals surface area contributed by atoms with E-state index in [1.807, 2.05) is 6.07 Å². The second-order valence-corrected chi connectivity index (χ2v) is 10.8. The van der Waals surface area contributed by atoms with E-state index in [1.54, 1.807) is 54.6 Å². The van der Waals surface area contributed by atoms with E-state index in [4.69, 9.17) is 5.73 Å². The highest BCUT2D eigenvalue weighted by atomic mass is 32.2. The minimum Gasteiger partial charge on any atom is -0.391 e. The molecule has 0 saturated heterocycles. The highest BCUT2D eigenvalue weighted by Crippen LogP contribution is 2.33. The molecule has 3 rings (SSSR count). The monoisotopic (exact) mass is 584 g/mol. The zero-order chi connectivity index (χ0) is 30.4. The molecule has 0 radical (unpaired) electrons. The van der Waals surface area contributed by atoms with Gasteiger partial charge in [0.1, 0.15) is 11.8 Å². The Morgan fingerprint density at radius 1 is 1.24 bits per heavy atom. The molecular formula is C26H32N8O6S. The second kappa shape index (κ2) is 12.9. The fourth-order valence-electron chi connectivity index (χ4n) is 4.37. The van der Waals surface area contributed by atoms with Crippen molar-refractivity contribution in [1.29, 1.82) is 5.26 Å². The molecule has 2 amide bonds. The van der Waals surface area contributed by atoms with Gasteiger partial charge in [-0.25, -0.2) is 9.73 Å². The van der Waals surface area contributed by atoms with Gasteiger partial charge in [-0.1, -0.05) is 49.4 Å². The van der Waals surface area contributed by atoms with Crippen LogP contribution in [0.2, 0.25) is 0 Å². The predicted molar refractivity (Wildman–Crippen MR) is 150 cm³/mol. The molecule has 14 nitrogen and oxygen atoms in total. The van der Waals surface area contributed by atoms with E-state index in [0.717, 1.165) is 0 Å². The molecule has 0 bridgehead atoms. The minimum absolute atomic E-state index is 0.188. The van der Waals surface area contributed by atoms with Gasteiger partial charge in [0.2, 0.25) is 17.8 Å². The number of nitriles is 1. The van der Waals surface area contributed by atoms with Gasteiger partial charge < -0.3 is 21.3 Å². The molecule has 1 heterocycles. The maximum atomic E-state index is 13.5. The zero-order valence-electron chi connectivity index (χ0n) is 22.7. The van der Waals surface area contributed by atoms with Gasteiger partial charge in [-0.2, -0.15) is 23.1 Å². The predicted octanol–water partition coefficient (Wildman–Crippen LogP) is -1.04. The summed E-state index contributed by atoms with van der Waals surface area (Å²) in [7, 11) is -3.24. The highest BCUT2D eigenvalue weighted by Gasteiger charge is 2.46. The lowest BCUT2D eigenvalue weighted by Crippen LogP contribution is -2.59. The Hall–Kier alpha value is -4.36. The van der Waals surface area contributed by atoms with Gasteiger partial charge in [-0.15, -0.1) is 0 Å². The molecule has 3 unspecified atom stereocenters. The molecule has 0 aromatic heterocycles. The number of β-amino-alcohol motifs (C(OH)–C–C–N with tert-alkyl or cyclic N) is 1. The van der Waals surface area contributed by atoms with Crippen molar-refractivity contribution in [3.05, 3.63) is 71.3 Å². The summed E-state index contributed by atoms with van der Waals surface area (Å²) in [6.07, 6.45) is -1.46. The summed E-state index contributed by atoms with van der Waals surface area (Å²) < 4.78 is 30.0. The molecule has 15 heteroatoms. The first-order chi connectivity index (χ1) is 19.4. The Labute approximate surface area is 238 Å². The number of aliphatic hydroxyl groups is 2. The topological polar surface area (TPSA) is 214 Å². The summed E-state index contributed by atoms with van der Waals surface area (Å²) in [6.45, 7) is 1.68. The third kappa shape index (κ3) is 6.87. The number of primary amides is 1. The van der Waals surface area contributed by atoms with E-state index in [0.29, 0.717) is 21.0 Å². The lowest BCUT2D eigenvalue weighted by Gasteiger charge is -2.32. The number of hydrazone groups is 1. The fraction of sp³-hybridized carbons (Fsp3) is 0.346.